The zero-order valence-electron chi connectivity index (χ0n) is 18.8. The van der Waals surface area contributed by atoms with Gasteiger partial charge in [-0.05, 0) is 32.3 Å². The third-order valence-corrected chi connectivity index (χ3v) is 5.08. The van der Waals surface area contributed by atoms with Crippen molar-refractivity contribution in [3.8, 4) is 0 Å². The first-order valence-electron chi connectivity index (χ1n) is 9.94. The lowest BCUT2D eigenvalue weighted by Crippen LogP contribution is -2.35. The predicted molar refractivity (Wildman–Crippen MR) is 130 cm³/mol. The van der Waals surface area contributed by atoms with Gasteiger partial charge in [-0.1, -0.05) is 49.2 Å². The summed E-state index contributed by atoms with van der Waals surface area (Å²) in [7, 11) is 0. The van der Waals surface area contributed by atoms with E-state index in [1.165, 1.54) is 11.0 Å². The molecular formula is C21H30Cl2N4O5. The third kappa shape index (κ3) is 8.47. The van der Waals surface area contributed by atoms with Crippen molar-refractivity contribution in [3.63, 3.8) is 0 Å². The van der Waals surface area contributed by atoms with Gasteiger partial charge >= 0.3 is 5.69 Å². The number of carbonyl (C=O) groups is 1. The molecule has 9 nitrogen and oxygen atoms in total. The van der Waals surface area contributed by atoms with Gasteiger partial charge in [0.25, 0.3) is 11.6 Å². The molecule has 0 spiro atoms. The number of anilines is 1. The SMILES string of the molecule is C=CCN(CC=C)C(=O)C(Cl)Cl.CCC(CC)Nc1c([N+](=O)[O-])cc(C)c(C)c1[N+](=O)[O-]. The smallest absolute Gasteiger partial charge is 0.302 e. The van der Waals surface area contributed by atoms with Gasteiger partial charge in [-0.3, -0.25) is 25.0 Å². The van der Waals surface area contributed by atoms with Crippen molar-refractivity contribution in [2.24, 2.45) is 0 Å². The second-order valence-corrected chi connectivity index (χ2v) is 7.95. The molecule has 1 aromatic carbocycles. The third-order valence-electron chi connectivity index (χ3n) is 4.70. The first-order chi connectivity index (χ1) is 15.0. The molecule has 0 unspecified atom stereocenters. The van der Waals surface area contributed by atoms with Gasteiger partial charge in [-0.25, -0.2) is 0 Å². The molecular weight excluding hydrogens is 459 g/mol. The molecule has 0 saturated heterocycles. The number of nitro groups is 2. The van der Waals surface area contributed by atoms with Gasteiger partial charge in [0.1, 0.15) is 0 Å². The lowest BCUT2D eigenvalue weighted by Gasteiger charge is -2.19. The van der Waals surface area contributed by atoms with Gasteiger partial charge < -0.3 is 10.2 Å². The van der Waals surface area contributed by atoms with Crippen LogP contribution in [-0.4, -0.2) is 44.6 Å². The first-order valence-corrected chi connectivity index (χ1v) is 10.8. The highest BCUT2D eigenvalue weighted by Crippen LogP contribution is 2.39. The molecule has 1 rings (SSSR count). The van der Waals surface area contributed by atoms with Crippen molar-refractivity contribution in [2.75, 3.05) is 18.4 Å². The summed E-state index contributed by atoms with van der Waals surface area (Å²) in [6.45, 7) is 15.0. The number of nitrogens with one attached hydrogen (secondary N) is 1. The number of hydrogen-bond donors (Lipinski definition) is 1. The largest absolute Gasteiger partial charge is 0.371 e. The summed E-state index contributed by atoms with van der Waals surface area (Å²) in [5.41, 5.74) is 0.555. The molecule has 0 aliphatic carbocycles. The Morgan fingerprint density at radius 3 is 1.97 bits per heavy atom. The summed E-state index contributed by atoms with van der Waals surface area (Å²) in [5, 5.41) is 25.4. The van der Waals surface area contributed by atoms with E-state index in [-0.39, 0.29) is 29.0 Å². The maximum Gasteiger partial charge on any atom is 0.302 e. The number of alkyl halides is 2. The van der Waals surface area contributed by atoms with Crippen molar-refractivity contribution >= 4 is 46.2 Å². The zero-order chi connectivity index (χ0) is 25.0. The van der Waals surface area contributed by atoms with E-state index in [0.717, 1.165) is 12.8 Å². The number of amides is 1. The molecule has 1 amide bonds. The minimum absolute atomic E-state index is 0.0109. The van der Waals surface area contributed by atoms with E-state index < -0.39 is 14.7 Å². The van der Waals surface area contributed by atoms with E-state index in [1.54, 1.807) is 26.0 Å². The summed E-state index contributed by atoms with van der Waals surface area (Å²) in [6.07, 6.45) is 4.69. The van der Waals surface area contributed by atoms with Gasteiger partial charge in [0, 0.05) is 30.8 Å². The Morgan fingerprint density at radius 2 is 1.62 bits per heavy atom. The lowest BCUT2D eigenvalue weighted by atomic mass is 10.0. The van der Waals surface area contributed by atoms with Crippen LogP contribution in [0.25, 0.3) is 0 Å². The monoisotopic (exact) mass is 488 g/mol. The Hall–Kier alpha value is -2.65. The van der Waals surface area contributed by atoms with Gasteiger partial charge in [-0.2, -0.15) is 0 Å². The minimum Gasteiger partial charge on any atom is -0.371 e. The van der Waals surface area contributed by atoms with E-state index in [4.69, 9.17) is 23.2 Å². The molecule has 0 aliphatic rings. The standard InChI is InChI=1S/C13H19N3O4.C8H11Cl2NO/c1-5-10(6-2)14-12-11(15(17)18)7-8(3)9(4)13(12)16(19)20;1-3-5-11(6-4-2)8(12)7(9)10/h7,10,14H,5-6H2,1-4H3;3-4,7H,1-2,5-6H2. The van der Waals surface area contributed by atoms with Crippen molar-refractivity contribution in [1.29, 1.82) is 0 Å². The molecule has 1 aromatic rings. The molecule has 178 valence electrons. The van der Waals surface area contributed by atoms with E-state index in [9.17, 15) is 25.0 Å². The van der Waals surface area contributed by atoms with Crippen LogP contribution < -0.4 is 5.32 Å². The average Bonchev–Trinajstić information content (AvgIpc) is 2.73. The zero-order valence-corrected chi connectivity index (χ0v) is 20.3. The molecule has 0 atom stereocenters. The summed E-state index contributed by atoms with van der Waals surface area (Å²) in [5.74, 6) is -0.321. The van der Waals surface area contributed by atoms with Gasteiger partial charge in [0.2, 0.25) is 0 Å². The molecule has 0 saturated carbocycles. The van der Waals surface area contributed by atoms with Crippen molar-refractivity contribution < 1.29 is 14.6 Å². The number of nitrogens with zero attached hydrogens (tertiary/aromatic N) is 3. The number of aryl methyl sites for hydroxylation is 1. The fourth-order valence-corrected chi connectivity index (χ4v) is 3.07. The molecule has 1 N–H and O–H groups in total. The lowest BCUT2D eigenvalue weighted by molar-refractivity contribution is -0.392. The van der Waals surface area contributed by atoms with Crippen LogP contribution in [-0.2, 0) is 4.79 Å². The molecule has 0 fully saturated rings. The number of benzene rings is 1. The van der Waals surface area contributed by atoms with Crippen molar-refractivity contribution in [2.45, 2.75) is 51.4 Å². The summed E-state index contributed by atoms with van der Waals surface area (Å²) in [4.78, 5) is 32.9. The second-order valence-electron chi connectivity index (χ2n) is 6.85. The number of rotatable bonds is 11. The molecule has 32 heavy (non-hydrogen) atoms. The fourth-order valence-electron chi connectivity index (χ4n) is 2.80. The Morgan fingerprint density at radius 1 is 1.12 bits per heavy atom. The van der Waals surface area contributed by atoms with Crippen LogP contribution in [0, 0.1) is 34.1 Å². The summed E-state index contributed by atoms with van der Waals surface area (Å²) in [6, 6.07) is 1.35. The number of hydrogen-bond acceptors (Lipinski definition) is 6. The number of carbonyl (C=O) groups excluding carboxylic acids is 1. The van der Waals surface area contributed by atoms with Gasteiger partial charge in [0.15, 0.2) is 10.5 Å². The summed E-state index contributed by atoms with van der Waals surface area (Å²) >= 11 is 10.8. The van der Waals surface area contributed by atoms with E-state index >= 15 is 0 Å². The topological polar surface area (TPSA) is 119 Å². The Balaban J connectivity index is 0.000000687. The summed E-state index contributed by atoms with van der Waals surface area (Å²) < 4.78 is 0. The van der Waals surface area contributed by atoms with Crippen LogP contribution >= 0.6 is 23.2 Å². The van der Waals surface area contributed by atoms with Crippen LogP contribution in [0.1, 0.15) is 37.8 Å². The molecule has 0 radical (unpaired) electrons. The van der Waals surface area contributed by atoms with E-state index in [1.807, 2.05) is 13.8 Å². The first kappa shape index (κ1) is 29.4. The van der Waals surface area contributed by atoms with Crippen LogP contribution in [0.5, 0.6) is 0 Å². The van der Waals surface area contributed by atoms with Crippen molar-refractivity contribution in [3.05, 3.63) is 62.7 Å². The Kier molecular flexibility index (Phi) is 13.2. The molecule has 0 bridgehead atoms. The highest BCUT2D eigenvalue weighted by Gasteiger charge is 2.30. The van der Waals surface area contributed by atoms with Crippen LogP contribution in [0.3, 0.4) is 0 Å². The fraction of sp³-hybridized carbons (Fsp3) is 0.476. The minimum atomic E-state index is -1.01. The Bertz CT molecular complexity index is 832. The molecule has 11 heteroatoms. The number of halogens is 2. The van der Waals surface area contributed by atoms with Crippen LogP contribution in [0.4, 0.5) is 17.1 Å². The van der Waals surface area contributed by atoms with Gasteiger partial charge in [-0.15, -0.1) is 13.2 Å². The number of nitro benzene ring substituents is 2. The molecule has 0 aliphatic heterocycles. The van der Waals surface area contributed by atoms with Crippen LogP contribution in [0.15, 0.2) is 31.4 Å². The normalized spacial score (nSPS) is 10.2. The predicted octanol–water partition coefficient (Wildman–Crippen LogP) is 5.71. The Labute approximate surface area is 198 Å². The van der Waals surface area contributed by atoms with Crippen molar-refractivity contribution in [1.82, 2.24) is 4.90 Å². The molecule has 0 heterocycles. The van der Waals surface area contributed by atoms with E-state index in [0.29, 0.717) is 24.2 Å². The maximum absolute atomic E-state index is 11.3. The maximum atomic E-state index is 11.3. The van der Waals surface area contributed by atoms with Gasteiger partial charge in [0.05, 0.1) is 9.85 Å². The highest BCUT2D eigenvalue weighted by atomic mass is 35.5. The van der Waals surface area contributed by atoms with E-state index in [2.05, 4.69) is 18.5 Å². The quantitative estimate of drug-likeness (QED) is 0.184. The van der Waals surface area contributed by atoms with Crippen LogP contribution in [0.2, 0.25) is 0 Å². The second kappa shape index (κ2) is 14.4. The molecule has 0 aromatic heterocycles. The highest BCUT2D eigenvalue weighted by molar-refractivity contribution is 6.53. The average molecular weight is 489 g/mol.